The van der Waals surface area contributed by atoms with E-state index in [9.17, 15) is 24.2 Å². The second-order valence-electron chi connectivity index (χ2n) is 10.7. The molecule has 2 aliphatic rings. The van der Waals surface area contributed by atoms with Gasteiger partial charge in [0.25, 0.3) is 11.5 Å². The highest BCUT2D eigenvalue weighted by atomic mass is 19.1. The van der Waals surface area contributed by atoms with E-state index < -0.39 is 5.60 Å². The lowest BCUT2D eigenvalue weighted by molar-refractivity contribution is -0.0299. The number of carbonyl (C=O) groups is 1. The predicted octanol–water partition coefficient (Wildman–Crippen LogP) is 2.35. The van der Waals surface area contributed by atoms with Crippen molar-refractivity contribution in [3.8, 4) is 5.69 Å². The highest BCUT2D eigenvalue weighted by Crippen LogP contribution is 2.26. The number of likely N-dealkylation sites (tertiary alicyclic amines) is 1. The second-order valence-corrected chi connectivity index (χ2v) is 10.7. The first-order valence-electron chi connectivity index (χ1n) is 13.5. The van der Waals surface area contributed by atoms with Crippen LogP contribution in [0, 0.1) is 5.82 Å². The Morgan fingerprint density at radius 1 is 0.975 bits per heavy atom. The van der Waals surface area contributed by atoms with Gasteiger partial charge in [-0.1, -0.05) is 0 Å². The van der Waals surface area contributed by atoms with Gasteiger partial charge >= 0.3 is 0 Å². The smallest absolute Gasteiger partial charge is 0.264 e. The molecular weight excluding hydrogens is 515 g/mol. The van der Waals surface area contributed by atoms with Crippen LogP contribution < -0.4 is 10.5 Å². The summed E-state index contributed by atoms with van der Waals surface area (Å²) in [4.78, 5) is 34.7. The second kappa shape index (κ2) is 10.5. The molecule has 2 saturated heterocycles. The zero-order valence-electron chi connectivity index (χ0n) is 22.0. The van der Waals surface area contributed by atoms with Crippen molar-refractivity contribution < 1.29 is 19.4 Å². The molecular formula is C29H31FN6O4. The minimum Gasteiger partial charge on any atom is -0.393 e. The van der Waals surface area contributed by atoms with Gasteiger partial charge < -0.3 is 20.0 Å². The Morgan fingerprint density at radius 2 is 1.62 bits per heavy atom. The Kier molecular flexibility index (Phi) is 6.85. The van der Waals surface area contributed by atoms with Crippen LogP contribution in [0.25, 0.3) is 16.7 Å². The van der Waals surface area contributed by atoms with Crippen molar-refractivity contribution in [3.05, 3.63) is 82.8 Å². The van der Waals surface area contributed by atoms with Crippen LogP contribution in [0.4, 0.5) is 10.1 Å². The monoisotopic (exact) mass is 546 g/mol. The molecule has 208 valence electrons. The predicted molar refractivity (Wildman–Crippen MR) is 147 cm³/mol. The number of aliphatic hydroxyl groups excluding tert-OH is 1. The Balaban J connectivity index is 1.10. The molecule has 0 aliphatic carbocycles. The number of benzene rings is 2. The summed E-state index contributed by atoms with van der Waals surface area (Å²) in [6, 6.07) is 13.3. The van der Waals surface area contributed by atoms with E-state index in [1.807, 2.05) is 24.3 Å². The van der Waals surface area contributed by atoms with E-state index in [1.54, 1.807) is 17.0 Å². The molecule has 6 rings (SSSR count). The van der Waals surface area contributed by atoms with Crippen LogP contribution in [0.1, 0.15) is 36.0 Å². The molecule has 2 N–H and O–H groups in total. The van der Waals surface area contributed by atoms with Gasteiger partial charge in [-0.25, -0.2) is 14.1 Å². The van der Waals surface area contributed by atoms with Crippen LogP contribution in [0.2, 0.25) is 0 Å². The highest BCUT2D eigenvalue weighted by molar-refractivity contribution is 5.94. The lowest BCUT2D eigenvalue weighted by Gasteiger charge is -2.38. The van der Waals surface area contributed by atoms with Crippen LogP contribution >= 0.6 is 0 Å². The molecule has 4 heterocycles. The van der Waals surface area contributed by atoms with E-state index >= 15 is 0 Å². The van der Waals surface area contributed by atoms with Crippen LogP contribution in [0.3, 0.4) is 0 Å². The first-order valence-corrected chi connectivity index (χ1v) is 13.5. The average Bonchev–Trinajstić information content (AvgIpc) is 3.40. The number of hydrogen-bond donors (Lipinski definition) is 2. The first kappa shape index (κ1) is 26.1. The van der Waals surface area contributed by atoms with Crippen LogP contribution in [-0.4, -0.2) is 78.2 Å². The largest absolute Gasteiger partial charge is 0.393 e. The number of rotatable bonds is 5. The lowest BCUT2D eigenvalue weighted by atomic mass is 9.91. The van der Waals surface area contributed by atoms with Gasteiger partial charge in [0.05, 0.1) is 30.1 Å². The zero-order chi connectivity index (χ0) is 27.9. The maximum Gasteiger partial charge on any atom is 0.264 e. The van der Waals surface area contributed by atoms with Crippen molar-refractivity contribution in [1.82, 2.24) is 24.2 Å². The lowest BCUT2D eigenvalue weighted by Crippen LogP contribution is -2.49. The number of carbonyl (C=O) groups excluding carboxylic acids is 1. The molecule has 0 bridgehead atoms. The molecule has 0 radical (unpaired) electrons. The third-order valence-corrected chi connectivity index (χ3v) is 8.02. The molecule has 11 heteroatoms. The molecule has 10 nitrogen and oxygen atoms in total. The summed E-state index contributed by atoms with van der Waals surface area (Å²) in [5.41, 5.74) is 1.08. The third kappa shape index (κ3) is 5.09. The van der Waals surface area contributed by atoms with Gasteiger partial charge in [0.2, 0.25) is 0 Å². The van der Waals surface area contributed by atoms with Gasteiger partial charge in [-0.3, -0.25) is 14.2 Å². The number of anilines is 1. The quantitative estimate of drug-likeness (QED) is 0.395. The molecule has 2 fully saturated rings. The summed E-state index contributed by atoms with van der Waals surface area (Å²) in [6.07, 6.45) is 4.72. The number of hydrogen-bond acceptors (Lipinski definition) is 7. The summed E-state index contributed by atoms with van der Waals surface area (Å²) in [5.74, 6) is -0.458. The van der Waals surface area contributed by atoms with E-state index in [0.29, 0.717) is 48.2 Å². The standard InChI is InChI=1S/C29H31FN6O4/c30-21-3-7-23(8-4-21)36-26-25(17-32-36)28(39)35(19-31-26)18-29(40)11-15-34(16-12-29)27(38)20-1-5-22(6-2-20)33-13-9-24(37)10-14-33/h1-8,17,19,24,37,40H,9-16,18H2. The summed E-state index contributed by atoms with van der Waals surface area (Å²) >= 11 is 0. The van der Waals surface area contributed by atoms with Crippen molar-refractivity contribution in [2.45, 2.75) is 43.9 Å². The van der Waals surface area contributed by atoms with Gasteiger partial charge in [-0.05, 0) is 74.2 Å². The number of nitrogens with zero attached hydrogens (tertiary/aromatic N) is 6. The minimum atomic E-state index is -1.16. The Bertz CT molecular complexity index is 1570. The highest BCUT2D eigenvalue weighted by Gasteiger charge is 2.35. The maximum absolute atomic E-state index is 13.3. The van der Waals surface area contributed by atoms with Gasteiger partial charge in [-0.15, -0.1) is 0 Å². The number of halogens is 1. The summed E-state index contributed by atoms with van der Waals surface area (Å²) in [6.45, 7) is 2.38. The normalized spacial score (nSPS) is 17.9. The number of fused-ring (bicyclic) bond motifs is 1. The summed E-state index contributed by atoms with van der Waals surface area (Å²) < 4.78 is 16.2. The van der Waals surface area contributed by atoms with Crippen LogP contribution in [0.5, 0.6) is 0 Å². The zero-order valence-corrected chi connectivity index (χ0v) is 22.0. The van der Waals surface area contributed by atoms with E-state index in [-0.39, 0.29) is 29.9 Å². The summed E-state index contributed by atoms with van der Waals surface area (Å²) in [5, 5.41) is 25.6. The van der Waals surface area contributed by atoms with Crippen molar-refractivity contribution in [2.75, 3.05) is 31.1 Å². The fraction of sp³-hybridized carbons (Fsp3) is 0.379. The van der Waals surface area contributed by atoms with Gasteiger partial charge in [0.15, 0.2) is 5.65 Å². The maximum atomic E-state index is 13.3. The van der Waals surface area contributed by atoms with E-state index in [0.717, 1.165) is 31.6 Å². The molecule has 2 aromatic heterocycles. The van der Waals surface area contributed by atoms with Crippen molar-refractivity contribution in [2.24, 2.45) is 0 Å². The molecule has 0 unspecified atom stereocenters. The fourth-order valence-electron chi connectivity index (χ4n) is 5.56. The van der Waals surface area contributed by atoms with Gasteiger partial charge in [0.1, 0.15) is 17.5 Å². The SMILES string of the molecule is O=C(c1ccc(N2CCC(O)CC2)cc1)N1CCC(O)(Cn2cnc3c(cnn3-c3ccc(F)cc3)c2=O)CC1. The molecule has 0 spiro atoms. The number of aliphatic hydroxyl groups is 2. The third-order valence-electron chi connectivity index (χ3n) is 8.02. The minimum absolute atomic E-state index is 0.0533. The Morgan fingerprint density at radius 3 is 2.30 bits per heavy atom. The molecule has 2 aliphatic heterocycles. The first-order chi connectivity index (χ1) is 19.3. The summed E-state index contributed by atoms with van der Waals surface area (Å²) in [7, 11) is 0. The van der Waals surface area contributed by atoms with Crippen molar-refractivity contribution >= 4 is 22.6 Å². The molecule has 0 atom stereocenters. The van der Waals surface area contributed by atoms with E-state index in [2.05, 4.69) is 15.0 Å². The Labute approximate surface area is 229 Å². The van der Waals surface area contributed by atoms with Crippen LogP contribution in [0.15, 0.2) is 65.8 Å². The van der Waals surface area contributed by atoms with Crippen molar-refractivity contribution in [1.29, 1.82) is 0 Å². The topological polar surface area (TPSA) is 117 Å². The number of piperidine rings is 2. The van der Waals surface area contributed by atoms with E-state index in [4.69, 9.17) is 0 Å². The molecule has 1 amide bonds. The van der Waals surface area contributed by atoms with Gasteiger partial charge in [-0.2, -0.15) is 5.10 Å². The Hall–Kier alpha value is -4.09. The van der Waals surface area contributed by atoms with E-state index in [1.165, 1.54) is 33.9 Å². The number of amides is 1. The molecule has 40 heavy (non-hydrogen) atoms. The van der Waals surface area contributed by atoms with Crippen molar-refractivity contribution in [3.63, 3.8) is 0 Å². The molecule has 4 aromatic rings. The van der Waals surface area contributed by atoms with Crippen LogP contribution in [-0.2, 0) is 6.54 Å². The van der Waals surface area contributed by atoms with Gasteiger partial charge in [0, 0.05) is 37.4 Å². The number of aromatic nitrogens is 4. The average molecular weight is 547 g/mol. The fourth-order valence-corrected chi connectivity index (χ4v) is 5.56. The molecule has 2 aromatic carbocycles. The molecule has 0 saturated carbocycles.